The molecule has 4 rings (SSSR count). The van der Waals surface area contributed by atoms with Crippen LogP contribution in [0.3, 0.4) is 0 Å². The molecule has 130 valence electrons. The molecule has 5 nitrogen and oxygen atoms in total. The van der Waals surface area contributed by atoms with E-state index in [2.05, 4.69) is 14.9 Å². The fourth-order valence-corrected chi connectivity index (χ4v) is 3.59. The molecule has 0 saturated heterocycles. The predicted octanol–water partition coefficient (Wildman–Crippen LogP) is 5.24. The minimum absolute atomic E-state index is 0.138. The largest absolute Gasteiger partial charge is 0.478 e. The van der Waals surface area contributed by atoms with Crippen LogP contribution in [0.25, 0.3) is 10.9 Å². The Labute approximate surface area is 158 Å². The topological polar surface area (TPSA) is 67.2 Å². The smallest absolute Gasteiger partial charge is 0.337 e. The highest BCUT2D eigenvalue weighted by molar-refractivity contribution is 7.07. The van der Waals surface area contributed by atoms with E-state index in [4.69, 9.17) is 11.6 Å². The zero-order valence-electron chi connectivity index (χ0n) is 13.5. The summed E-state index contributed by atoms with van der Waals surface area (Å²) >= 11 is 7.49. The Morgan fingerprint density at radius 1 is 1.23 bits per heavy atom. The van der Waals surface area contributed by atoms with Crippen molar-refractivity contribution in [1.82, 2.24) is 9.55 Å². The van der Waals surface area contributed by atoms with Gasteiger partial charge < -0.3 is 15.0 Å². The quantitative estimate of drug-likeness (QED) is 0.494. The molecule has 0 saturated carbocycles. The highest BCUT2D eigenvalue weighted by atomic mass is 35.5. The van der Waals surface area contributed by atoms with E-state index in [0.29, 0.717) is 10.7 Å². The number of rotatable bonds is 5. The van der Waals surface area contributed by atoms with Crippen molar-refractivity contribution in [3.05, 3.63) is 75.8 Å². The standard InChI is InChI=1S/C19H14ClN3O2S/c20-13-1-3-17(16(8-13)19(24)25)22-14-2-4-18-12(7-14)5-6-23(18)9-15-10-26-11-21-15/h1-8,10-11,22H,9H2,(H,24,25). The first-order valence-electron chi connectivity index (χ1n) is 7.86. The van der Waals surface area contributed by atoms with E-state index < -0.39 is 5.97 Å². The molecule has 0 atom stereocenters. The lowest BCUT2D eigenvalue weighted by Crippen LogP contribution is -2.02. The average Bonchev–Trinajstić information content (AvgIpc) is 3.27. The summed E-state index contributed by atoms with van der Waals surface area (Å²) in [5.74, 6) is -1.02. The van der Waals surface area contributed by atoms with E-state index in [9.17, 15) is 9.90 Å². The van der Waals surface area contributed by atoms with Gasteiger partial charge in [-0.25, -0.2) is 9.78 Å². The molecule has 0 aliphatic rings. The molecule has 2 aromatic heterocycles. The van der Waals surface area contributed by atoms with Crippen molar-refractivity contribution in [3.63, 3.8) is 0 Å². The van der Waals surface area contributed by atoms with Crippen LogP contribution >= 0.6 is 22.9 Å². The first-order chi connectivity index (χ1) is 12.6. The van der Waals surface area contributed by atoms with Gasteiger partial charge in [0.1, 0.15) is 0 Å². The first-order valence-corrected chi connectivity index (χ1v) is 9.18. The van der Waals surface area contributed by atoms with Gasteiger partial charge in [-0.2, -0.15) is 0 Å². The number of thiazole rings is 1. The molecular formula is C19H14ClN3O2S. The number of hydrogen-bond acceptors (Lipinski definition) is 4. The van der Waals surface area contributed by atoms with E-state index >= 15 is 0 Å². The zero-order valence-corrected chi connectivity index (χ0v) is 15.1. The Hall–Kier alpha value is -2.83. The average molecular weight is 384 g/mol. The van der Waals surface area contributed by atoms with Gasteiger partial charge in [0, 0.05) is 33.2 Å². The molecule has 0 amide bonds. The number of nitrogens with one attached hydrogen (secondary N) is 1. The fraction of sp³-hybridized carbons (Fsp3) is 0.0526. The summed E-state index contributed by atoms with van der Waals surface area (Å²) in [5.41, 5.74) is 5.41. The molecule has 2 aromatic carbocycles. The summed E-state index contributed by atoms with van der Waals surface area (Å²) in [6.45, 7) is 0.722. The fourth-order valence-electron chi connectivity index (χ4n) is 2.86. The Morgan fingerprint density at radius 2 is 2.12 bits per heavy atom. The second kappa shape index (κ2) is 6.82. The molecule has 0 spiro atoms. The predicted molar refractivity (Wildman–Crippen MR) is 105 cm³/mol. The second-order valence-electron chi connectivity index (χ2n) is 5.82. The van der Waals surface area contributed by atoms with Crippen LogP contribution in [0, 0.1) is 0 Å². The third kappa shape index (κ3) is 3.29. The molecule has 0 bridgehead atoms. The third-order valence-corrected chi connectivity index (χ3v) is 4.95. The van der Waals surface area contributed by atoms with Gasteiger partial charge in [-0.15, -0.1) is 11.3 Å². The van der Waals surface area contributed by atoms with Crippen molar-refractivity contribution in [2.75, 3.05) is 5.32 Å². The number of anilines is 2. The molecule has 4 aromatic rings. The number of carboxylic acids is 1. The van der Waals surface area contributed by atoms with Crippen molar-refractivity contribution in [2.24, 2.45) is 0 Å². The lowest BCUT2D eigenvalue weighted by atomic mass is 10.1. The third-order valence-electron chi connectivity index (χ3n) is 4.08. The van der Waals surface area contributed by atoms with E-state index in [0.717, 1.165) is 28.8 Å². The number of nitrogens with zero attached hydrogens (tertiary/aromatic N) is 2. The molecule has 26 heavy (non-hydrogen) atoms. The summed E-state index contributed by atoms with van der Waals surface area (Å²) in [6, 6.07) is 12.7. The molecule has 2 N–H and O–H groups in total. The Balaban J connectivity index is 1.64. The molecule has 0 fully saturated rings. The highest BCUT2D eigenvalue weighted by Crippen LogP contribution is 2.27. The van der Waals surface area contributed by atoms with Gasteiger partial charge in [0.2, 0.25) is 0 Å². The molecule has 0 aliphatic carbocycles. The van der Waals surface area contributed by atoms with Crippen LogP contribution in [-0.4, -0.2) is 20.6 Å². The summed E-state index contributed by atoms with van der Waals surface area (Å²) in [5, 5.41) is 16.0. The number of carbonyl (C=O) groups is 1. The van der Waals surface area contributed by atoms with Crippen molar-refractivity contribution in [2.45, 2.75) is 6.54 Å². The summed E-state index contributed by atoms with van der Waals surface area (Å²) in [4.78, 5) is 15.7. The second-order valence-corrected chi connectivity index (χ2v) is 6.97. The van der Waals surface area contributed by atoms with Gasteiger partial charge in [-0.3, -0.25) is 0 Å². The maximum Gasteiger partial charge on any atom is 0.337 e. The van der Waals surface area contributed by atoms with Crippen LogP contribution in [0.1, 0.15) is 16.1 Å². The van der Waals surface area contributed by atoms with Gasteiger partial charge in [0.15, 0.2) is 0 Å². The van der Waals surface area contributed by atoms with Crippen molar-refractivity contribution < 1.29 is 9.90 Å². The van der Waals surface area contributed by atoms with Gasteiger partial charge in [-0.1, -0.05) is 11.6 Å². The van der Waals surface area contributed by atoms with Crippen LogP contribution in [0.2, 0.25) is 5.02 Å². The number of aromatic nitrogens is 2. The van der Waals surface area contributed by atoms with E-state index in [1.54, 1.807) is 23.5 Å². The number of carboxylic acid groups (broad SMARTS) is 1. The van der Waals surface area contributed by atoms with Crippen LogP contribution in [0.15, 0.2) is 59.6 Å². The minimum atomic E-state index is -1.02. The van der Waals surface area contributed by atoms with Crippen LogP contribution in [0.4, 0.5) is 11.4 Å². The zero-order chi connectivity index (χ0) is 18.1. The van der Waals surface area contributed by atoms with Gasteiger partial charge in [-0.05, 0) is 42.5 Å². The first kappa shape index (κ1) is 16.6. The van der Waals surface area contributed by atoms with Crippen LogP contribution in [-0.2, 0) is 6.54 Å². The van der Waals surface area contributed by atoms with Gasteiger partial charge >= 0.3 is 5.97 Å². The van der Waals surface area contributed by atoms with E-state index in [1.807, 2.05) is 41.4 Å². The van der Waals surface area contributed by atoms with Gasteiger partial charge in [0.05, 0.1) is 29.0 Å². The molecular weight excluding hydrogens is 370 g/mol. The number of hydrogen-bond donors (Lipinski definition) is 2. The molecule has 0 unspecified atom stereocenters. The lowest BCUT2D eigenvalue weighted by Gasteiger charge is -2.11. The maximum absolute atomic E-state index is 11.4. The van der Waals surface area contributed by atoms with Crippen molar-refractivity contribution in [1.29, 1.82) is 0 Å². The van der Waals surface area contributed by atoms with E-state index in [-0.39, 0.29) is 5.56 Å². The summed E-state index contributed by atoms with van der Waals surface area (Å²) in [7, 11) is 0. The lowest BCUT2D eigenvalue weighted by molar-refractivity contribution is 0.0698. The monoisotopic (exact) mass is 383 g/mol. The molecule has 0 aliphatic heterocycles. The maximum atomic E-state index is 11.4. The number of benzene rings is 2. The number of fused-ring (bicyclic) bond motifs is 1. The normalized spacial score (nSPS) is 11.0. The van der Waals surface area contributed by atoms with E-state index in [1.165, 1.54) is 6.07 Å². The van der Waals surface area contributed by atoms with Crippen molar-refractivity contribution >= 4 is 51.2 Å². The Morgan fingerprint density at radius 3 is 2.88 bits per heavy atom. The molecule has 0 radical (unpaired) electrons. The molecule has 2 heterocycles. The molecule has 7 heteroatoms. The minimum Gasteiger partial charge on any atom is -0.478 e. The number of aromatic carboxylic acids is 1. The number of halogens is 1. The Kier molecular flexibility index (Phi) is 4.36. The van der Waals surface area contributed by atoms with Crippen LogP contribution in [0.5, 0.6) is 0 Å². The summed E-state index contributed by atoms with van der Waals surface area (Å²) in [6.07, 6.45) is 2.03. The Bertz CT molecular complexity index is 1090. The van der Waals surface area contributed by atoms with Crippen LogP contribution < -0.4 is 5.32 Å². The summed E-state index contributed by atoms with van der Waals surface area (Å²) < 4.78 is 2.14. The SMILES string of the molecule is O=C(O)c1cc(Cl)ccc1Nc1ccc2c(ccn2Cc2cscn2)c1. The van der Waals surface area contributed by atoms with Gasteiger partial charge in [0.25, 0.3) is 0 Å². The highest BCUT2D eigenvalue weighted by Gasteiger charge is 2.11. The van der Waals surface area contributed by atoms with Crippen molar-refractivity contribution in [3.8, 4) is 0 Å².